The Morgan fingerprint density at radius 2 is 1.43 bits per heavy atom. The second kappa shape index (κ2) is 8.06. The molecule has 0 bridgehead atoms. The maximum atomic E-state index is 13.6. The van der Waals surface area contributed by atoms with Crippen LogP contribution in [-0.2, 0) is 9.59 Å². The average Bonchev–Trinajstić information content (AvgIpc) is 3.06. The summed E-state index contributed by atoms with van der Waals surface area (Å²) in [4.78, 5) is 30.1. The van der Waals surface area contributed by atoms with E-state index in [4.69, 9.17) is 5.26 Å². The van der Waals surface area contributed by atoms with Crippen LogP contribution < -0.4 is 9.80 Å². The normalized spacial score (nSPS) is 13.5. The summed E-state index contributed by atoms with van der Waals surface area (Å²) in [6.45, 7) is 2.47. The number of nitrogens with zero attached hydrogens (tertiary/aromatic N) is 3. The number of likely N-dealkylation sites (N-methyl/N-ethyl adjacent to an activating group) is 1. The van der Waals surface area contributed by atoms with Crippen molar-refractivity contribution in [1.82, 2.24) is 0 Å². The SMILES string of the molecule is CCN(C1=C(c2ccccc2)C(=O)N(c2ccc(C#N)cc2)C1=O)c1ccccc1. The number of hydrogen-bond acceptors (Lipinski definition) is 4. The average molecular weight is 393 g/mol. The molecular weight excluding hydrogens is 374 g/mol. The smallest absolute Gasteiger partial charge is 0.282 e. The fourth-order valence-corrected chi connectivity index (χ4v) is 3.63. The molecule has 0 spiro atoms. The highest BCUT2D eigenvalue weighted by molar-refractivity contribution is 6.46. The topological polar surface area (TPSA) is 64.4 Å². The highest BCUT2D eigenvalue weighted by Crippen LogP contribution is 2.36. The summed E-state index contributed by atoms with van der Waals surface area (Å²) in [5, 5.41) is 9.05. The van der Waals surface area contributed by atoms with Crippen LogP contribution in [0.5, 0.6) is 0 Å². The van der Waals surface area contributed by atoms with Crippen LogP contribution in [0.4, 0.5) is 11.4 Å². The number of para-hydroxylation sites is 1. The van der Waals surface area contributed by atoms with E-state index < -0.39 is 0 Å². The molecule has 1 aliphatic heterocycles. The zero-order valence-corrected chi connectivity index (χ0v) is 16.4. The number of rotatable bonds is 5. The van der Waals surface area contributed by atoms with Crippen LogP contribution >= 0.6 is 0 Å². The summed E-state index contributed by atoms with van der Waals surface area (Å²) in [6.07, 6.45) is 0. The van der Waals surface area contributed by atoms with Gasteiger partial charge >= 0.3 is 0 Å². The molecule has 1 heterocycles. The molecule has 0 N–H and O–H groups in total. The van der Waals surface area contributed by atoms with Gasteiger partial charge in [0.25, 0.3) is 11.8 Å². The van der Waals surface area contributed by atoms with Crippen molar-refractivity contribution in [1.29, 1.82) is 5.26 Å². The van der Waals surface area contributed by atoms with E-state index in [1.54, 1.807) is 24.3 Å². The first-order valence-electron chi connectivity index (χ1n) is 9.67. The van der Waals surface area contributed by atoms with E-state index in [2.05, 4.69) is 6.07 Å². The number of hydrogen-bond donors (Lipinski definition) is 0. The molecule has 0 saturated heterocycles. The molecule has 5 heteroatoms. The molecule has 3 aromatic rings. The van der Waals surface area contributed by atoms with Crippen molar-refractivity contribution < 1.29 is 9.59 Å². The molecule has 2 amide bonds. The Morgan fingerprint density at radius 3 is 2.00 bits per heavy atom. The van der Waals surface area contributed by atoms with E-state index in [0.29, 0.717) is 34.6 Å². The van der Waals surface area contributed by atoms with Gasteiger partial charge < -0.3 is 4.90 Å². The van der Waals surface area contributed by atoms with Crippen molar-refractivity contribution in [3.8, 4) is 6.07 Å². The maximum Gasteiger partial charge on any atom is 0.282 e. The Hall–Kier alpha value is -4.17. The third kappa shape index (κ3) is 3.25. The molecule has 146 valence electrons. The van der Waals surface area contributed by atoms with Gasteiger partial charge in [0.2, 0.25) is 0 Å². The van der Waals surface area contributed by atoms with Gasteiger partial charge in [-0.05, 0) is 48.9 Å². The Balaban J connectivity index is 1.88. The molecule has 4 rings (SSSR count). The predicted octanol–water partition coefficient (Wildman–Crippen LogP) is 4.37. The minimum absolute atomic E-state index is 0.351. The fourth-order valence-electron chi connectivity index (χ4n) is 3.63. The van der Waals surface area contributed by atoms with Crippen LogP contribution in [0.3, 0.4) is 0 Å². The Kier molecular flexibility index (Phi) is 5.15. The number of carbonyl (C=O) groups is 2. The summed E-state index contributed by atoms with van der Waals surface area (Å²) in [6, 6.07) is 27.3. The molecule has 5 nitrogen and oxygen atoms in total. The van der Waals surface area contributed by atoms with Gasteiger partial charge in [0.1, 0.15) is 5.70 Å². The summed E-state index contributed by atoms with van der Waals surface area (Å²) in [7, 11) is 0. The molecule has 30 heavy (non-hydrogen) atoms. The quantitative estimate of drug-likeness (QED) is 0.604. The van der Waals surface area contributed by atoms with Crippen molar-refractivity contribution in [2.45, 2.75) is 6.92 Å². The van der Waals surface area contributed by atoms with Crippen molar-refractivity contribution in [3.05, 3.63) is 102 Å². The third-order valence-corrected chi connectivity index (χ3v) is 5.03. The summed E-state index contributed by atoms with van der Waals surface area (Å²) in [5.41, 5.74) is 3.16. The highest BCUT2D eigenvalue weighted by atomic mass is 16.2. The maximum absolute atomic E-state index is 13.6. The Labute approximate surface area is 175 Å². The van der Waals surface area contributed by atoms with Crippen molar-refractivity contribution in [2.24, 2.45) is 0 Å². The molecule has 0 aromatic heterocycles. The largest absolute Gasteiger partial charge is 0.337 e. The van der Waals surface area contributed by atoms with Crippen LogP contribution in [0.15, 0.2) is 90.6 Å². The van der Waals surface area contributed by atoms with Crippen LogP contribution in [0.25, 0.3) is 5.57 Å². The van der Waals surface area contributed by atoms with Gasteiger partial charge in [0, 0.05) is 12.2 Å². The zero-order chi connectivity index (χ0) is 21.1. The minimum Gasteiger partial charge on any atom is -0.337 e. The van der Waals surface area contributed by atoms with Gasteiger partial charge in [-0.1, -0.05) is 48.5 Å². The minimum atomic E-state index is -0.380. The lowest BCUT2D eigenvalue weighted by Gasteiger charge is -2.25. The van der Waals surface area contributed by atoms with Crippen LogP contribution in [-0.4, -0.2) is 18.4 Å². The summed E-state index contributed by atoms with van der Waals surface area (Å²) in [5.74, 6) is -0.755. The van der Waals surface area contributed by atoms with Gasteiger partial charge in [-0.15, -0.1) is 0 Å². The van der Waals surface area contributed by atoms with Gasteiger partial charge in [0.05, 0.1) is 22.9 Å². The second-order valence-electron chi connectivity index (χ2n) is 6.77. The van der Waals surface area contributed by atoms with Gasteiger partial charge in [0.15, 0.2) is 0 Å². The molecule has 3 aromatic carbocycles. The van der Waals surface area contributed by atoms with Crippen molar-refractivity contribution >= 4 is 28.8 Å². The van der Waals surface area contributed by atoms with E-state index >= 15 is 0 Å². The van der Waals surface area contributed by atoms with Crippen LogP contribution in [0, 0.1) is 11.3 Å². The first-order chi connectivity index (χ1) is 14.7. The van der Waals surface area contributed by atoms with Gasteiger partial charge in [-0.2, -0.15) is 5.26 Å². The molecule has 0 fully saturated rings. The van der Waals surface area contributed by atoms with E-state index in [9.17, 15) is 9.59 Å². The van der Waals surface area contributed by atoms with Crippen LogP contribution in [0.2, 0.25) is 0 Å². The monoisotopic (exact) mass is 393 g/mol. The molecular formula is C25H19N3O2. The molecule has 0 atom stereocenters. The molecule has 1 aliphatic rings. The number of imide groups is 1. The number of nitriles is 1. The van der Waals surface area contributed by atoms with E-state index in [1.807, 2.05) is 72.5 Å². The highest BCUT2D eigenvalue weighted by Gasteiger charge is 2.42. The van der Waals surface area contributed by atoms with Crippen molar-refractivity contribution in [3.63, 3.8) is 0 Å². The Morgan fingerprint density at radius 1 is 0.833 bits per heavy atom. The zero-order valence-electron chi connectivity index (χ0n) is 16.4. The third-order valence-electron chi connectivity index (χ3n) is 5.03. The lowest BCUT2D eigenvalue weighted by atomic mass is 10.0. The summed E-state index contributed by atoms with van der Waals surface area (Å²) < 4.78 is 0. The Bertz CT molecular complexity index is 1160. The first kappa shape index (κ1) is 19.2. The predicted molar refractivity (Wildman–Crippen MR) is 116 cm³/mol. The molecule has 0 radical (unpaired) electrons. The standard InChI is InChI=1S/C25H19N3O2/c1-2-27(20-11-7-4-8-12-20)23-22(19-9-5-3-6-10-19)24(29)28(25(23)30)21-15-13-18(17-26)14-16-21/h3-16H,2H2,1H3. The number of amides is 2. The van der Waals surface area contributed by atoms with E-state index in [1.165, 1.54) is 4.90 Å². The van der Waals surface area contributed by atoms with Gasteiger partial charge in [-0.3, -0.25) is 9.59 Å². The van der Waals surface area contributed by atoms with Crippen LogP contribution in [0.1, 0.15) is 18.1 Å². The first-order valence-corrected chi connectivity index (χ1v) is 9.67. The molecule has 0 saturated carbocycles. The molecule has 0 unspecified atom stereocenters. The number of carbonyl (C=O) groups excluding carboxylic acids is 2. The lowest BCUT2D eigenvalue weighted by molar-refractivity contribution is -0.120. The van der Waals surface area contributed by atoms with E-state index in [0.717, 1.165) is 5.69 Å². The lowest BCUT2D eigenvalue weighted by Crippen LogP contribution is -2.35. The molecule has 0 aliphatic carbocycles. The number of benzene rings is 3. The summed E-state index contributed by atoms with van der Waals surface area (Å²) >= 11 is 0. The fraction of sp³-hybridized carbons (Fsp3) is 0.0800. The number of anilines is 2. The van der Waals surface area contributed by atoms with E-state index in [-0.39, 0.29) is 11.8 Å². The van der Waals surface area contributed by atoms with Crippen molar-refractivity contribution in [2.75, 3.05) is 16.3 Å². The van der Waals surface area contributed by atoms with Gasteiger partial charge in [-0.25, -0.2) is 4.90 Å². The second-order valence-corrected chi connectivity index (χ2v) is 6.77.